The van der Waals surface area contributed by atoms with Crippen molar-refractivity contribution in [3.05, 3.63) is 69.5 Å². The zero-order valence-corrected chi connectivity index (χ0v) is 17.8. The van der Waals surface area contributed by atoms with Crippen LogP contribution in [-0.4, -0.2) is 41.5 Å². The summed E-state index contributed by atoms with van der Waals surface area (Å²) in [7, 11) is 1.33. The highest BCUT2D eigenvalue weighted by Crippen LogP contribution is 2.26. The van der Waals surface area contributed by atoms with Crippen molar-refractivity contribution in [1.29, 1.82) is 0 Å². The Labute approximate surface area is 185 Å². The molecule has 0 unspecified atom stereocenters. The quantitative estimate of drug-likeness (QED) is 0.343. The minimum absolute atomic E-state index is 0.00681. The molecule has 32 heavy (non-hydrogen) atoms. The summed E-state index contributed by atoms with van der Waals surface area (Å²) in [5.74, 6) is -1.50. The minimum atomic E-state index is -0.885. The van der Waals surface area contributed by atoms with Gasteiger partial charge in [0.2, 0.25) is 0 Å². The fraction of sp³-hybridized carbons (Fsp3) is 0.391. The summed E-state index contributed by atoms with van der Waals surface area (Å²) < 4.78 is 23.6. The van der Waals surface area contributed by atoms with Crippen LogP contribution in [0.15, 0.2) is 42.5 Å². The molecule has 0 aromatic heterocycles. The number of halogens is 1. The van der Waals surface area contributed by atoms with E-state index in [0.29, 0.717) is 0 Å². The van der Waals surface area contributed by atoms with Crippen LogP contribution in [0, 0.1) is 15.9 Å². The van der Waals surface area contributed by atoms with E-state index in [-0.39, 0.29) is 41.3 Å². The van der Waals surface area contributed by atoms with Crippen LogP contribution < -0.4 is 4.74 Å². The summed E-state index contributed by atoms with van der Waals surface area (Å²) in [5.41, 5.74) is 0.360. The number of esters is 1. The molecule has 3 rings (SSSR count). The van der Waals surface area contributed by atoms with Gasteiger partial charge in [0.25, 0.3) is 11.6 Å². The van der Waals surface area contributed by atoms with Crippen LogP contribution in [-0.2, 0) is 16.1 Å². The van der Waals surface area contributed by atoms with E-state index in [2.05, 4.69) is 0 Å². The topological polar surface area (TPSA) is 99.0 Å². The van der Waals surface area contributed by atoms with Crippen LogP contribution in [0.2, 0.25) is 0 Å². The van der Waals surface area contributed by atoms with Gasteiger partial charge >= 0.3 is 5.97 Å². The molecule has 2 aromatic carbocycles. The van der Waals surface area contributed by atoms with Gasteiger partial charge < -0.3 is 14.4 Å². The summed E-state index contributed by atoms with van der Waals surface area (Å²) in [4.78, 5) is 37.6. The summed E-state index contributed by atoms with van der Waals surface area (Å²) in [6.45, 7) is -0.232. The number of nitrogens with zero attached hydrogens (tertiary/aromatic N) is 2. The molecule has 170 valence electrons. The standard InChI is InChI=1S/C23H25FN2O6/c1-31-21-12-11-19(26(29)30)13-20(21)23(28)32-15-22(27)25(18-5-3-2-4-6-18)14-16-7-9-17(24)10-8-16/h7-13,18H,2-6,14-15H2,1H3. The van der Waals surface area contributed by atoms with Crippen molar-refractivity contribution in [1.82, 2.24) is 4.90 Å². The number of rotatable bonds is 8. The molecule has 8 nitrogen and oxygen atoms in total. The number of nitro groups is 1. The fourth-order valence-corrected chi connectivity index (χ4v) is 3.86. The second-order valence-electron chi connectivity index (χ2n) is 7.66. The molecular weight excluding hydrogens is 419 g/mol. The lowest BCUT2D eigenvalue weighted by atomic mass is 9.93. The molecule has 1 saturated carbocycles. The number of amides is 1. The van der Waals surface area contributed by atoms with E-state index in [0.717, 1.165) is 43.7 Å². The number of methoxy groups -OCH3 is 1. The maximum absolute atomic E-state index is 13.3. The van der Waals surface area contributed by atoms with E-state index < -0.39 is 17.5 Å². The van der Waals surface area contributed by atoms with E-state index in [1.165, 1.54) is 31.4 Å². The molecule has 0 saturated heterocycles. The van der Waals surface area contributed by atoms with Gasteiger partial charge in [-0.2, -0.15) is 0 Å². The van der Waals surface area contributed by atoms with Gasteiger partial charge in [-0.1, -0.05) is 31.4 Å². The average molecular weight is 444 g/mol. The lowest BCUT2D eigenvalue weighted by Crippen LogP contribution is -2.43. The molecule has 0 atom stereocenters. The molecule has 1 amide bonds. The smallest absolute Gasteiger partial charge is 0.342 e. The molecule has 1 fully saturated rings. The van der Waals surface area contributed by atoms with E-state index in [1.54, 1.807) is 17.0 Å². The summed E-state index contributed by atoms with van der Waals surface area (Å²) in [6, 6.07) is 9.52. The first-order valence-corrected chi connectivity index (χ1v) is 10.4. The minimum Gasteiger partial charge on any atom is -0.496 e. The lowest BCUT2D eigenvalue weighted by molar-refractivity contribution is -0.384. The van der Waals surface area contributed by atoms with Crippen LogP contribution in [0.4, 0.5) is 10.1 Å². The Bertz CT molecular complexity index is 973. The molecule has 0 radical (unpaired) electrons. The molecular formula is C23H25FN2O6. The van der Waals surface area contributed by atoms with Crippen molar-refractivity contribution in [2.24, 2.45) is 0 Å². The highest BCUT2D eigenvalue weighted by atomic mass is 19.1. The second kappa shape index (κ2) is 10.7. The molecule has 0 heterocycles. The molecule has 0 N–H and O–H groups in total. The zero-order chi connectivity index (χ0) is 23.1. The molecule has 0 aliphatic heterocycles. The Morgan fingerprint density at radius 2 is 1.81 bits per heavy atom. The fourth-order valence-electron chi connectivity index (χ4n) is 3.86. The second-order valence-corrected chi connectivity index (χ2v) is 7.66. The first kappa shape index (κ1) is 23.2. The maximum atomic E-state index is 13.3. The van der Waals surface area contributed by atoms with Gasteiger partial charge in [-0.05, 0) is 36.6 Å². The Morgan fingerprint density at radius 1 is 1.12 bits per heavy atom. The van der Waals surface area contributed by atoms with Gasteiger partial charge in [0, 0.05) is 24.7 Å². The SMILES string of the molecule is COc1ccc([N+](=O)[O-])cc1C(=O)OCC(=O)N(Cc1ccc(F)cc1)C1CCCCC1. The normalized spacial score (nSPS) is 13.9. The largest absolute Gasteiger partial charge is 0.496 e. The third-order valence-electron chi connectivity index (χ3n) is 5.54. The zero-order valence-electron chi connectivity index (χ0n) is 17.8. The Hall–Kier alpha value is -3.49. The van der Waals surface area contributed by atoms with Gasteiger partial charge in [0.1, 0.15) is 17.1 Å². The van der Waals surface area contributed by atoms with Crippen molar-refractivity contribution in [2.45, 2.75) is 44.7 Å². The first-order valence-electron chi connectivity index (χ1n) is 10.4. The van der Waals surface area contributed by atoms with E-state index >= 15 is 0 Å². The van der Waals surface area contributed by atoms with E-state index in [9.17, 15) is 24.1 Å². The van der Waals surface area contributed by atoms with Crippen molar-refractivity contribution >= 4 is 17.6 Å². The van der Waals surface area contributed by atoms with Gasteiger partial charge in [0.15, 0.2) is 6.61 Å². The highest BCUT2D eigenvalue weighted by Gasteiger charge is 2.27. The van der Waals surface area contributed by atoms with Crippen LogP contribution in [0.1, 0.15) is 48.0 Å². The van der Waals surface area contributed by atoms with Gasteiger partial charge in [-0.15, -0.1) is 0 Å². The number of nitro benzene ring substituents is 1. The first-order chi connectivity index (χ1) is 15.4. The molecule has 2 aromatic rings. The number of non-ortho nitro benzene ring substituents is 1. The number of ether oxygens (including phenoxy) is 2. The summed E-state index contributed by atoms with van der Waals surface area (Å²) in [5, 5.41) is 11.0. The monoisotopic (exact) mass is 444 g/mol. The Morgan fingerprint density at radius 3 is 2.44 bits per heavy atom. The molecule has 0 bridgehead atoms. The van der Waals surface area contributed by atoms with E-state index in [1.807, 2.05) is 0 Å². The van der Waals surface area contributed by atoms with Crippen molar-refractivity contribution in [3.63, 3.8) is 0 Å². The predicted molar refractivity (Wildman–Crippen MR) is 114 cm³/mol. The highest BCUT2D eigenvalue weighted by molar-refractivity contribution is 5.94. The Balaban J connectivity index is 1.73. The average Bonchev–Trinajstić information content (AvgIpc) is 2.82. The number of hydrogen-bond acceptors (Lipinski definition) is 6. The number of benzene rings is 2. The van der Waals surface area contributed by atoms with Gasteiger partial charge in [-0.3, -0.25) is 14.9 Å². The third-order valence-corrected chi connectivity index (χ3v) is 5.54. The van der Waals surface area contributed by atoms with Crippen LogP contribution >= 0.6 is 0 Å². The van der Waals surface area contributed by atoms with E-state index in [4.69, 9.17) is 9.47 Å². The summed E-state index contributed by atoms with van der Waals surface area (Å²) >= 11 is 0. The van der Waals surface area contributed by atoms with Crippen molar-refractivity contribution in [2.75, 3.05) is 13.7 Å². The number of carbonyl (C=O) groups is 2. The number of hydrogen-bond donors (Lipinski definition) is 0. The van der Waals surface area contributed by atoms with Gasteiger partial charge in [-0.25, -0.2) is 9.18 Å². The van der Waals surface area contributed by atoms with Crippen LogP contribution in [0.5, 0.6) is 5.75 Å². The van der Waals surface area contributed by atoms with Gasteiger partial charge in [0.05, 0.1) is 12.0 Å². The molecule has 0 spiro atoms. The third kappa shape index (κ3) is 5.81. The van der Waals surface area contributed by atoms with Crippen molar-refractivity contribution < 1.29 is 28.4 Å². The van der Waals surface area contributed by atoms with Crippen LogP contribution in [0.25, 0.3) is 0 Å². The predicted octanol–water partition coefficient (Wildman–Crippen LogP) is 4.26. The Kier molecular flexibility index (Phi) is 7.75. The lowest BCUT2D eigenvalue weighted by Gasteiger charge is -2.34. The summed E-state index contributed by atoms with van der Waals surface area (Å²) in [6.07, 6.45) is 4.81. The molecule has 9 heteroatoms. The molecule has 1 aliphatic carbocycles. The van der Waals surface area contributed by atoms with Crippen LogP contribution in [0.3, 0.4) is 0 Å². The number of carbonyl (C=O) groups excluding carboxylic acids is 2. The molecule has 1 aliphatic rings. The maximum Gasteiger partial charge on any atom is 0.342 e. The van der Waals surface area contributed by atoms with Crippen molar-refractivity contribution in [3.8, 4) is 5.75 Å².